The first-order chi connectivity index (χ1) is 10.0. The van der Waals surface area contributed by atoms with Crippen LogP contribution in [0.1, 0.15) is 25.3 Å². The highest BCUT2D eigenvalue weighted by molar-refractivity contribution is 5.81. The van der Waals surface area contributed by atoms with E-state index in [-0.39, 0.29) is 5.91 Å². The second kappa shape index (κ2) is 6.70. The molecule has 5 nitrogen and oxygen atoms in total. The Hall–Kier alpha value is -1.91. The first kappa shape index (κ1) is 15.5. The summed E-state index contributed by atoms with van der Waals surface area (Å²) < 4.78 is 10.5. The van der Waals surface area contributed by atoms with E-state index >= 15 is 0 Å². The van der Waals surface area contributed by atoms with E-state index in [0.29, 0.717) is 29.5 Å². The van der Waals surface area contributed by atoms with Crippen molar-refractivity contribution < 1.29 is 14.3 Å². The number of hydrogen-bond donors (Lipinski definition) is 1. The number of carbonyl (C=O) groups is 1. The molecule has 1 heterocycles. The van der Waals surface area contributed by atoms with Crippen LogP contribution >= 0.6 is 0 Å². The van der Waals surface area contributed by atoms with E-state index in [1.165, 1.54) is 0 Å². The molecule has 1 aliphatic heterocycles. The molecule has 1 saturated heterocycles. The number of rotatable bonds is 4. The summed E-state index contributed by atoms with van der Waals surface area (Å²) in [6.07, 6.45) is 2.46. The molecule has 1 fully saturated rings. The van der Waals surface area contributed by atoms with Crippen molar-refractivity contribution in [1.29, 1.82) is 0 Å². The van der Waals surface area contributed by atoms with E-state index in [1.807, 2.05) is 4.90 Å². The number of piperidine rings is 1. The quantitative estimate of drug-likeness (QED) is 0.863. The zero-order valence-corrected chi connectivity index (χ0v) is 13.0. The van der Waals surface area contributed by atoms with Crippen molar-refractivity contribution in [3.8, 4) is 11.5 Å². The molecule has 1 amide bonds. The summed E-state index contributed by atoms with van der Waals surface area (Å²) in [5.41, 5.74) is 7.36. The Morgan fingerprint density at radius 3 is 2.38 bits per heavy atom. The Morgan fingerprint density at radius 2 is 1.81 bits per heavy atom. The van der Waals surface area contributed by atoms with Crippen molar-refractivity contribution >= 4 is 11.6 Å². The minimum atomic E-state index is 0.126. The highest BCUT2D eigenvalue weighted by atomic mass is 16.5. The number of nitrogens with zero attached hydrogens (tertiary/aromatic N) is 1. The third kappa shape index (κ3) is 3.60. The fourth-order valence-electron chi connectivity index (χ4n) is 2.62. The van der Waals surface area contributed by atoms with Gasteiger partial charge >= 0.3 is 0 Å². The van der Waals surface area contributed by atoms with Crippen molar-refractivity contribution in [2.24, 2.45) is 5.92 Å². The molecule has 0 aromatic heterocycles. The van der Waals surface area contributed by atoms with Gasteiger partial charge in [-0.15, -0.1) is 0 Å². The standard InChI is InChI=1S/C16H24N2O3/c1-11-4-6-18(7-5-11)16(19)9-12-8-14(20-2)15(21-3)10-13(12)17/h8,10-11H,4-7,9,17H2,1-3H3. The molecule has 2 N–H and O–H groups in total. The topological polar surface area (TPSA) is 64.8 Å². The van der Waals surface area contributed by atoms with Crippen LogP contribution in [0, 0.1) is 5.92 Å². The number of benzene rings is 1. The van der Waals surface area contributed by atoms with Crippen molar-refractivity contribution in [1.82, 2.24) is 4.90 Å². The number of likely N-dealkylation sites (tertiary alicyclic amines) is 1. The molecule has 1 aromatic rings. The Labute approximate surface area is 126 Å². The van der Waals surface area contributed by atoms with Crippen LogP contribution in [0.5, 0.6) is 11.5 Å². The fourth-order valence-corrected chi connectivity index (χ4v) is 2.62. The number of methoxy groups -OCH3 is 2. The summed E-state index contributed by atoms with van der Waals surface area (Å²) in [5, 5.41) is 0. The summed E-state index contributed by atoms with van der Waals surface area (Å²) in [4.78, 5) is 14.3. The first-order valence-corrected chi connectivity index (χ1v) is 7.33. The maximum atomic E-state index is 12.4. The predicted octanol–water partition coefficient (Wildman–Crippen LogP) is 2.09. The Bertz CT molecular complexity index is 508. The number of amides is 1. The van der Waals surface area contributed by atoms with E-state index in [9.17, 15) is 4.79 Å². The lowest BCUT2D eigenvalue weighted by molar-refractivity contribution is -0.131. The average Bonchev–Trinajstić information content (AvgIpc) is 2.49. The summed E-state index contributed by atoms with van der Waals surface area (Å²) in [5.74, 6) is 2.01. The number of nitrogen functional groups attached to an aromatic ring is 1. The van der Waals surface area contributed by atoms with Crippen LogP contribution in [0.15, 0.2) is 12.1 Å². The van der Waals surface area contributed by atoms with Crippen molar-refractivity contribution in [2.45, 2.75) is 26.2 Å². The first-order valence-electron chi connectivity index (χ1n) is 7.33. The molecule has 0 bridgehead atoms. The van der Waals surface area contributed by atoms with Crippen LogP contribution in [-0.4, -0.2) is 38.1 Å². The van der Waals surface area contributed by atoms with Gasteiger partial charge in [0, 0.05) is 24.8 Å². The molecule has 2 rings (SSSR count). The third-order valence-electron chi connectivity index (χ3n) is 4.12. The van der Waals surface area contributed by atoms with E-state index in [1.54, 1.807) is 26.4 Å². The average molecular weight is 292 g/mol. The summed E-state index contributed by atoms with van der Waals surface area (Å²) in [7, 11) is 3.14. The minimum absolute atomic E-state index is 0.126. The summed E-state index contributed by atoms with van der Waals surface area (Å²) >= 11 is 0. The van der Waals surface area contributed by atoms with Gasteiger partial charge in [-0.05, 0) is 30.4 Å². The van der Waals surface area contributed by atoms with Gasteiger partial charge < -0.3 is 20.1 Å². The molecule has 116 valence electrons. The molecule has 0 spiro atoms. The molecule has 0 unspecified atom stereocenters. The zero-order valence-electron chi connectivity index (χ0n) is 13.0. The second-order valence-electron chi connectivity index (χ2n) is 5.65. The van der Waals surface area contributed by atoms with Gasteiger partial charge in [0.25, 0.3) is 0 Å². The fraction of sp³-hybridized carbons (Fsp3) is 0.562. The Balaban J connectivity index is 2.10. The van der Waals surface area contributed by atoms with Gasteiger partial charge in [-0.25, -0.2) is 0 Å². The lowest BCUT2D eigenvalue weighted by Gasteiger charge is -2.30. The molecular formula is C16H24N2O3. The van der Waals surface area contributed by atoms with E-state index in [2.05, 4.69) is 6.92 Å². The van der Waals surface area contributed by atoms with Crippen molar-refractivity contribution in [3.05, 3.63) is 17.7 Å². The van der Waals surface area contributed by atoms with E-state index < -0.39 is 0 Å². The third-order valence-corrected chi connectivity index (χ3v) is 4.12. The van der Waals surface area contributed by atoms with Gasteiger partial charge in [0.2, 0.25) is 5.91 Å². The monoisotopic (exact) mass is 292 g/mol. The molecule has 0 atom stereocenters. The second-order valence-corrected chi connectivity index (χ2v) is 5.65. The normalized spacial score (nSPS) is 15.9. The SMILES string of the molecule is COc1cc(N)c(CC(=O)N2CCC(C)CC2)cc1OC. The lowest BCUT2D eigenvalue weighted by atomic mass is 9.98. The number of nitrogens with two attached hydrogens (primary N) is 1. The number of ether oxygens (including phenoxy) is 2. The van der Waals surface area contributed by atoms with Crippen LogP contribution in [-0.2, 0) is 11.2 Å². The van der Waals surface area contributed by atoms with Gasteiger partial charge in [-0.1, -0.05) is 6.92 Å². The van der Waals surface area contributed by atoms with Crippen LogP contribution in [0.25, 0.3) is 0 Å². The zero-order chi connectivity index (χ0) is 15.4. The van der Waals surface area contributed by atoms with Crippen LogP contribution in [0.2, 0.25) is 0 Å². The summed E-state index contributed by atoms with van der Waals surface area (Å²) in [6.45, 7) is 3.91. The molecule has 0 radical (unpaired) electrons. The van der Waals surface area contributed by atoms with Crippen LogP contribution in [0.4, 0.5) is 5.69 Å². The summed E-state index contributed by atoms with van der Waals surface area (Å²) in [6, 6.07) is 3.50. The van der Waals surface area contributed by atoms with Gasteiger partial charge in [0.15, 0.2) is 11.5 Å². The number of hydrogen-bond acceptors (Lipinski definition) is 4. The largest absolute Gasteiger partial charge is 0.493 e. The van der Waals surface area contributed by atoms with Gasteiger partial charge in [0.05, 0.1) is 20.6 Å². The minimum Gasteiger partial charge on any atom is -0.493 e. The molecule has 0 saturated carbocycles. The van der Waals surface area contributed by atoms with Gasteiger partial charge in [0.1, 0.15) is 0 Å². The number of carbonyl (C=O) groups excluding carboxylic acids is 1. The molecule has 1 aliphatic rings. The predicted molar refractivity (Wildman–Crippen MR) is 82.6 cm³/mol. The van der Waals surface area contributed by atoms with Crippen LogP contribution < -0.4 is 15.2 Å². The smallest absolute Gasteiger partial charge is 0.227 e. The van der Waals surface area contributed by atoms with E-state index in [0.717, 1.165) is 31.5 Å². The van der Waals surface area contributed by atoms with Crippen LogP contribution in [0.3, 0.4) is 0 Å². The van der Waals surface area contributed by atoms with Crippen molar-refractivity contribution in [3.63, 3.8) is 0 Å². The molecule has 1 aromatic carbocycles. The molecule has 21 heavy (non-hydrogen) atoms. The lowest BCUT2D eigenvalue weighted by Crippen LogP contribution is -2.38. The maximum absolute atomic E-state index is 12.4. The molecular weight excluding hydrogens is 268 g/mol. The maximum Gasteiger partial charge on any atom is 0.227 e. The Kier molecular flexibility index (Phi) is 4.94. The Morgan fingerprint density at radius 1 is 1.24 bits per heavy atom. The van der Waals surface area contributed by atoms with Gasteiger partial charge in [-0.2, -0.15) is 0 Å². The molecule has 0 aliphatic carbocycles. The highest BCUT2D eigenvalue weighted by Gasteiger charge is 2.21. The van der Waals surface area contributed by atoms with Crippen molar-refractivity contribution in [2.75, 3.05) is 33.0 Å². The number of anilines is 1. The van der Waals surface area contributed by atoms with Gasteiger partial charge in [-0.3, -0.25) is 4.79 Å². The highest BCUT2D eigenvalue weighted by Crippen LogP contribution is 2.32. The molecule has 5 heteroatoms. The van der Waals surface area contributed by atoms with E-state index in [4.69, 9.17) is 15.2 Å².